The van der Waals surface area contributed by atoms with Crippen molar-refractivity contribution in [2.75, 3.05) is 11.4 Å². The Labute approximate surface area is 250 Å². The summed E-state index contributed by atoms with van der Waals surface area (Å²) in [6.07, 6.45) is -0.864. The predicted molar refractivity (Wildman–Crippen MR) is 154 cm³/mol. The minimum atomic E-state index is -2.64. The molecule has 3 amide bonds. The van der Waals surface area contributed by atoms with Crippen molar-refractivity contribution in [1.82, 2.24) is 19.8 Å². The van der Waals surface area contributed by atoms with Gasteiger partial charge in [-0.2, -0.15) is 0 Å². The number of rotatable bonds is 8. The molecule has 12 heteroatoms. The number of anilines is 1. The van der Waals surface area contributed by atoms with Gasteiger partial charge in [-0.1, -0.05) is 41.9 Å². The fraction of sp³-hybridized carbons (Fsp3) is 0.258. The molecule has 1 saturated heterocycles. The number of urea groups is 1. The van der Waals surface area contributed by atoms with E-state index in [2.05, 4.69) is 10.3 Å². The Bertz CT molecular complexity index is 1670. The zero-order chi connectivity index (χ0) is 30.2. The summed E-state index contributed by atoms with van der Waals surface area (Å²) in [5.41, 5.74) is 3.30. The van der Waals surface area contributed by atoms with Crippen LogP contribution in [0.3, 0.4) is 0 Å². The molecule has 1 fully saturated rings. The molecule has 1 N–H and O–H groups in total. The minimum Gasteiger partial charge on any atom is -0.489 e. The molecule has 8 nitrogen and oxygen atoms in total. The monoisotopic (exact) mass is 609 g/mol. The van der Waals surface area contributed by atoms with Crippen molar-refractivity contribution < 1.29 is 27.5 Å². The van der Waals surface area contributed by atoms with E-state index in [4.69, 9.17) is 16.3 Å². The number of benzene rings is 3. The van der Waals surface area contributed by atoms with Gasteiger partial charge in [-0.25, -0.2) is 22.9 Å². The van der Waals surface area contributed by atoms with Crippen LogP contribution in [0.2, 0.25) is 5.02 Å². The van der Waals surface area contributed by atoms with Crippen LogP contribution in [0.1, 0.15) is 34.7 Å². The van der Waals surface area contributed by atoms with E-state index in [9.17, 15) is 22.8 Å². The van der Waals surface area contributed by atoms with E-state index in [0.717, 1.165) is 16.7 Å². The van der Waals surface area contributed by atoms with Crippen molar-refractivity contribution in [1.29, 1.82) is 0 Å². The molecule has 6 rings (SSSR count). The number of nitrogens with zero attached hydrogens (tertiary/aromatic N) is 4. The molecular weight excluding hydrogens is 583 g/mol. The van der Waals surface area contributed by atoms with E-state index in [0.29, 0.717) is 36.0 Å². The molecule has 2 aliphatic rings. The normalized spacial score (nSPS) is 16.0. The molecule has 4 aromatic rings. The first-order chi connectivity index (χ1) is 20.7. The van der Waals surface area contributed by atoms with Crippen molar-refractivity contribution in [2.24, 2.45) is 7.05 Å². The van der Waals surface area contributed by atoms with Crippen molar-refractivity contribution >= 4 is 29.4 Å². The van der Waals surface area contributed by atoms with Crippen LogP contribution in [0, 0.1) is 5.82 Å². The summed E-state index contributed by atoms with van der Waals surface area (Å²) >= 11 is 6.06. The van der Waals surface area contributed by atoms with Crippen LogP contribution in [0.15, 0.2) is 66.9 Å². The first-order valence-corrected chi connectivity index (χ1v) is 14.0. The van der Waals surface area contributed by atoms with Crippen molar-refractivity contribution in [3.8, 4) is 17.1 Å². The molecule has 0 saturated carbocycles. The number of fused-ring (bicyclic) bond motifs is 1. The number of imidazole rings is 1. The van der Waals surface area contributed by atoms with Gasteiger partial charge in [-0.3, -0.25) is 19.9 Å². The molecule has 1 atom stereocenters. The number of carbonyl (C=O) groups excluding carboxylic acids is 2. The highest BCUT2D eigenvalue weighted by Gasteiger charge is 2.34. The number of ether oxygens (including phenoxy) is 1. The average Bonchev–Trinajstić information content (AvgIpc) is 3.56. The number of carbonyl (C=O) groups is 2. The molecule has 222 valence electrons. The van der Waals surface area contributed by atoms with E-state index in [1.807, 2.05) is 18.2 Å². The molecule has 0 radical (unpaired) electrons. The average molecular weight is 610 g/mol. The Morgan fingerprint density at radius 2 is 1.81 bits per heavy atom. The van der Waals surface area contributed by atoms with Crippen LogP contribution in [-0.4, -0.2) is 39.4 Å². The molecule has 3 aromatic carbocycles. The number of alkyl halides is 2. The van der Waals surface area contributed by atoms with E-state index in [-0.39, 0.29) is 36.1 Å². The molecule has 1 aromatic heterocycles. The third-order valence-corrected chi connectivity index (χ3v) is 8.16. The summed E-state index contributed by atoms with van der Waals surface area (Å²) in [4.78, 5) is 31.6. The lowest BCUT2D eigenvalue weighted by atomic mass is 10.1. The number of nitrogens with one attached hydrogen (secondary N) is 1. The first-order valence-electron chi connectivity index (χ1n) is 13.6. The molecular formula is C31H27ClF3N5O3. The maximum Gasteiger partial charge on any atom is 0.329 e. The van der Waals surface area contributed by atoms with Gasteiger partial charge in [0, 0.05) is 44.2 Å². The lowest BCUT2D eigenvalue weighted by Gasteiger charge is -2.27. The summed E-state index contributed by atoms with van der Waals surface area (Å²) in [6, 6.07) is 14.9. The highest BCUT2D eigenvalue weighted by Crippen LogP contribution is 2.37. The highest BCUT2D eigenvalue weighted by molar-refractivity contribution is 6.31. The molecule has 43 heavy (non-hydrogen) atoms. The van der Waals surface area contributed by atoms with Crippen molar-refractivity contribution in [3.63, 3.8) is 0 Å². The Morgan fingerprint density at radius 3 is 2.53 bits per heavy atom. The lowest BCUT2D eigenvalue weighted by Crippen LogP contribution is -2.50. The largest absolute Gasteiger partial charge is 0.489 e. The Balaban J connectivity index is 1.16. The molecule has 3 heterocycles. The van der Waals surface area contributed by atoms with Gasteiger partial charge in [0.25, 0.3) is 6.43 Å². The molecule has 0 bridgehead atoms. The molecule has 0 aliphatic carbocycles. The number of aromatic nitrogens is 2. The second kappa shape index (κ2) is 11.7. The van der Waals surface area contributed by atoms with E-state index < -0.39 is 24.3 Å². The van der Waals surface area contributed by atoms with Gasteiger partial charge in [0.2, 0.25) is 5.91 Å². The zero-order valence-electron chi connectivity index (χ0n) is 23.1. The topological polar surface area (TPSA) is 79.7 Å². The standard InChI is InChI=1S/C31H27ClF3N5O3/c1-38-27(40-12-11-26(41)37-31(40)42)14-36-30(38)19-5-6-20-15-39(16-21(20)13-19)28(29(34)35)18-7-9-22(10-8-18)43-17-23-24(32)3-2-4-25(23)33/h2-10,13-14,28-29H,11-12,15-17H2,1H3,(H,37,41,42)/t28-/m0/s1. The minimum absolute atomic E-state index is 0.0880. The number of imide groups is 1. The molecule has 2 aliphatic heterocycles. The smallest absolute Gasteiger partial charge is 0.329 e. The van der Waals surface area contributed by atoms with Crippen LogP contribution in [0.4, 0.5) is 23.8 Å². The number of amides is 3. The van der Waals surface area contributed by atoms with Crippen LogP contribution in [0.5, 0.6) is 5.75 Å². The Kier molecular flexibility index (Phi) is 7.85. The second-order valence-electron chi connectivity index (χ2n) is 10.5. The van der Waals surface area contributed by atoms with Crippen LogP contribution in [-0.2, 0) is 31.5 Å². The third-order valence-electron chi connectivity index (χ3n) is 7.80. The maximum absolute atomic E-state index is 14.5. The van der Waals surface area contributed by atoms with Crippen molar-refractivity contribution in [3.05, 3.63) is 100.0 Å². The first kappa shape index (κ1) is 28.8. The van der Waals surface area contributed by atoms with Gasteiger partial charge < -0.3 is 9.30 Å². The fourth-order valence-electron chi connectivity index (χ4n) is 5.56. The zero-order valence-corrected chi connectivity index (χ0v) is 23.8. The van der Waals surface area contributed by atoms with Crippen LogP contribution < -0.4 is 15.0 Å². The Morgan fingerprint density at radius 1 is 1.05 bits per heavy atom. The van der Waals surface area contributed by atoms with Gasteiger partial charge in [0.1, 0.15) is 29.8 Å². The summed E-state index contributed by atoms with van der Waals surface area (Å²) in [6.45, 7) is 0.832. The van der Waals surface area contributed by atoms with Gasteiger partial charge in [-0.15, -0.1) is 0 Å². The number of hydrogen-bond donors (Lipinski definition) is 1. The van der Waals surface area contributed by atoms with E-state index in [1.165, 1.54) is 17.0 Å². The summed E-state index contributed by atoms with van der Waals surface area (Å²) < 4.78 is 50.4. The molecule has 0 spiro atoms. The van der Waals surface area contributed by atoms with E-state index in [1.54, 1.807) is 53.0 Å². The molecule has 0 unspecified atom stereocenters. The van der Waals surface area contributed by atoms with Gasteiger partial charge in [0.15, 0.2) is 0 Å². The number of halogens is 4. The highest BCUT2D eigenvalue weighted by atomic mass is 35.5. The predicted octanol–water partition coefficient (Wildman–Crippen LogP) is 6.23. The van der Waals surface area contributed by atoms with Crippen LogP contribution >= 0.6 is 11.6 Å². The van der Waals surface area contributed by atoms with Gasteiger partial charge in [-0.05, 0) is 47.0 Å². The SMILES string of the molecule is Cn1c(N2CCC(=O)NC2=O)cnc1-c1ccc2c(c1)CN([C@@H](c1ccc(OCc3c(F)cccc3Cl)cc1)C(F)F)C2. The second-order valence-corrected chi connectivity index (χ2v) is 10.9. The van der Waals surface area contributed by atoms with Crippen LogP contribution in [0.25, 0.3) is 11.4 Å². The van der Waals surface area contributed by atoms with Gasteiger partial charge in [0.05, 0.1) is 17.3 Å². The lowest BCUT2D eigenvalue weighted by molar-refractivity contribution is -0.120. The third kappa shape index (κ3) is 5.70. The summed E-state index contributed by atoms with van der Waals surface area (Å²) in [7, 11) is 1.78. The maximum atomic E-state index is 14.5. The Hall–Kier alpha value is -4.35. The summed E-state index contributed by atoms with van der Waals surface area (Å²) in [5, 5.41) is 2.56. The van der Waals surface area contributed by atoms with Crippen molar-refractivity contribution in [2.45, 2.75) is 38.6 Å². The van der Waals surface area contributed by atoms with E-state index >= 15 is 0 Å². The number of hydrogen-bond acceptors (Lipinski definition) is 5. The van der Waals surface area contributed by atoms with Gasteiger partial charge >= 0.3 is 6.03 Å². The fourth-order valence-corrected chi connectivity index (χ4v) is 5.78. The summed E-state index contributed by atoms with van der Waals surface area (Å²) in [5.74, 6) is 0.772. The quantitative estimate of drug-likeness (QED) is 0.256.